The standard InChI is InChI=1S/C15H11ClO5/c1-6-3-7(20-2)4-10-11(6)14(19)12-8(17)5-9(18)13(16)15(12)21-10/h3-5,17-18H,1-2H3. The van der Waals surface area contributed by atoms with Crippen molar-refractivity contribution in [3.05, 3.63) is 39.0 Å². The van der Waals surface area contributed by atoms with E-state index in [9.17, 15) is 15.0 Å². The number of ether oxygens (including phenoxy) is 1. The molecule has 3 rings (SSSR count). The molecule has 0 saturated heterocycles. The van der Waals surface area contributed by atoms with Gasteiger partial charge < -0.3 is 19.4 Å². The second kappa shape index (κ2) is 4.56. The number of benzene rings is 2. The molecule has 21 heavy (non-hydrogen) atoms. The van der Waals surface area contributed by atoms with Crippen LogP contribution in [0.2, 0.25) is 5.02 Å². The minimum atomic E-state index is -0.411. The molecule has 1 aromatic heterocycles. The number of fused-ring (bicyclic) bond motifs is 2. The fraction of sp³-hybridized carbons (Fsp3) is 0.133. The van der Waals surface area contributed by atoms with Crippen molar-refractivity contribution in [1.82, 2.24) is 0 Å². The number of halogens is 1. The third-order valence-corrected chi connectivity index (χ3v) is 3.72. The fourth-order valence-electron chi connectivity index (χ4n) is 2.37. The molecule has 0 saturated carbocycles. The van der Waals surface area contributed by atoms with Gasteiger partial charge in [-0.1, -0.05) is 11.6 Å². The maximum Gasteiger partial charge on any atom is 0.204 e. The molecular formula is C15H11ClO5. The van der Waals surface area contributed by atoms with Gasteiger partial charge in [0.15, 0.2) is 5.58 Å². The van der Waals surface area contributed by atoms with Crippen molar-refractivity contribution in [2.24, 2.45) is 0 Å². The van der Waals surface area contributed by atoms with Crippen LogP contribution in [0, 0.1) is 6.92 Å². The Morgan fingerprint density at radius 1 is 1.14 bits per heavy atom. The summed E-state index contributed by atoms with van der Waals surface area (Å²) in [5.74, 6) is -0.204. The van der Waals surface area contributed by atoms with Crippen LogP contribution in [-0.4, -0.2) is 17.3 Å². The Morgan fingerprint density at radius 3 is 2.52 bits per heavy atom. The van der Waals surface area contributed by atoms with Crippen molar-refractivity contribution in [3.63, 3.8) is 0 Å². The monoisotopic (exact) mass is 306 g/mol. The Morgan fingerprint density at radius 2 is 1.86 bits per heavy atom. The molecule has 108 valence electrons. The molecular weight excluding hydrogens is 296 g/mol. The Balaban J connectivity index is 2.62. The highest BCUT2D eigenvalue weighted by molar-refractivity contribution is 6.36. The van der Waals surface area contributed by atoms with E-state index in [0.717, 1.165) is 6.07 Å². The molecule has 0 bridgehead atoms. The number of phenols is 2. The van der Waals surface area contributed by atoms with Crippen LogP contribution in [0.4, 0.5) is 0 Å². The first-order valence-electron chi connectivity index (χ1n) is 6.09. The van der Waals surface area contributed by atoms with Crippen LogP contribution in [0.3, 0.4) is 0 Å². The summed E-state index contributed by atoms with van der Waals surface area (Å²) in [7, 11) is 1.50. The van der Waals surface area contributed by atoms with Crippen molar-refractivity contribution < 1.29 is 19.4 Å². The number of hydrogen-bond acceptors (Lipinski definition) is 5. The van der Waals surface area contributed by atoms with E-state index in [2.05, 4.69) is 0 Å². The zero-order valence-electron chi connectivity index (χ0n) is 11.2. The van der Waals surface area contributed by atoms with Gasteiger partial charge in [0.2, 0.25) is 5.43 Å². The van der Waals surface area contributed by atoms with Crippen LogP contribution in [0.1, 0.15) is 5.56 Å². The smallest absolute Gasteiger partial charge is 0.204 e. The summed E-state index contributed by atoms with van der Waals surface area (Å²) in [5, 5.41) is 19.7. The summed E-state index contributed by atoms with van der Waals surface area (Å²) in [4.78, 5) is 12.6. The van der Waals surface area contributed by atoms with Crippen molar-refractivity contribution in [2.45, 2.75) is 6.92 Å². The van der Waals surface area contributed by atoms with E-state index in [1.165, 1.54) is 7.11 Å². The van der Waals surface area contributed by atoms with Crippen molar-refractivity contribution in [3.8, 4) is 17.2 Å². The quantitative estimate of drug-likeness (QED) is 0.674. The highest BCUT2D eigenvalue weighted by Gasteiger charge is 2.19. The molecule has 2 N–H and O–H groups in total. The molecule has 5 nitrogen and oxygen atoms in total. The average molecular weight is 307 g/mol. The van der Waals surface area contributed by atoms with E-state index in [1.54, 1.807) is 19.1 Å². The van der Waals surface area contributed by atoms with E-state index < -0.39 is 5.43 Å². The van der Waals surface area contributed by atoms with E-state index in [1.807, 2.05) is 0 Å². The molecule has 0 atom stereocenters. The third-order valence-electron chi connectivity index (χ3n) is 3.36. The molecule has 0 aliphatic heterocycles. The third kappa shape index (κ3) is 1.89. The van der Waals surface area contributed by atoms with Gasteiger partial charge in [-0.3, -0.25) is 4.79 Å². The Kier molecular flexibility index (Phi) is 2.95. The fourth-order valence-corrected chi connectivity index (χ4v) is 2.56. The number of rotatable bonds is 1. The van der Waals surface area contributed by atoms with Gasteiger partial charge in [0.05, 0.1) is 12.5 Å². The molecule has 0 aliphatic carbocycles. The van der Waals surface area contributed by atoms with Crippen LogP contribution < -0.4 is 10.2 Å². The summed E-state index contributed by atoms with van der Waals surface area (Å²) in [6.45, 7) is 1.74. The summed E-state index contributed by atoms with van der Waals surface area (Å²) in [6, 6.07) is 4.27. The minimum Gasteiger partial charge on any atom is -0.507 e. The number of hydrogen-bond donors (Lipinski definition) is 2. The summed E-state index contributed by atoms with van der Waals surface area (Å²) < 4.78 is 10.7. The predicted molar refractivity (Wildman–Crippen MR) is 79.6 cm³/mol. The van der Waals surface area contributed by atoms with Gasteiger partial charge in [-0.15, -0.1) is 0 Å². The maximum absolute atomic E-state index is 12.6. The molecule has 3 aromatic rings. The van der Waals surface area contributed by atoms with Crippen molar-refractivity contribution in [2.75, 3.05) is 7.11 Å². The zero-order chi connectivity index (χ0) is 15.3. The molecule has 1 heterocycles. The van der Waals surface area contributed by atoms with Gasteiger partial charge in [0.1, 0.15) is 33.2 Å². The normalized spacial score (nSPS) is 11.2. The highest BCUT2D eigenvalue weighted by atomic mass is 35.5. The highest BCUT2D eigenvalue weighted by Crippen LogP contribution is 2.38. The molecule has 0 spiro atoms. The van der Waals surface area contributed by atoms with Crippen molar-refractivity contribution in [1.29, 1.82) is 0 Å². The lowest BCUT2D eigenvalue weighted by atomic mass is 10.1. The molecule has 0 aliphatic rings. The van der Waals surface area contributed by atoms with E-state index in [-0.39, 0.29) is 33.1 Å². The molecule has 0 fully saturated rings. The average Bonchev–Trinajstić information content (AvgIpc) is 2.43. The number of aromatic hydroxyl groups is 2. The Hall–Kier alpha value is -2.40. The number of methoxy groups -OCH3 is 1. The first-order valence-corrected chi connectivity index (χ1v) is 6.47. The first kappa shape index (κ1) is 13.6. The van der Waals surface area contributed by atoms with Gasteiger partial charge in [-0.2, -0.15) is 0 Å². The maximum atomic E-state index is 12.6. The Labute approximate surface area is 123 Å². The molecule has 0 unspecified atom stereocenters. The van der Waals surface area contributed by atoms with E-state index in [0.29, 0.717) is 16.7 Å². The number of phenolic OH excluding ortho intramolecular Hbond substituents is 2. The first-order chi connectivity index (χ1) is 9.93. The van der Waals surface area contributed by atoms with Crippen LogP contribution in [0.5, 0.6) is 17.2 Å². The summed E-state index contributed by atoms with van der Waals surface area (Å²) in [5.41, 5.74) is 0.463. The second-order valence-electron chi connectivity index (χ2n) is 4.68. The van der Waals surface area contributed by atoms with Crippen LogP contribution in [0.15, 0.2) is 27.4 Å². The van der Waals surface area contributed by atoms with E-state index in [4.69, 9.17) is 20.8 Å². The molecule has 6 heteroatoms. The largest absolute Gasteiger partial charge is 0.507 e. The van der Waals surface area contributed by atoms with Crippen LogP contribution in [0.25, 0.3) is 21.9 Å². The van der Waals surface area contributed by atoms with Gasteiger partial charge in [0.25, 0.3) is 0 Å². The topological polar surface area (TPSA) is 79.9 Å². The summed E-state index contributed by atoms with van der Waals surface area (Å²) in [6.07, 6.45) is 0. The van der Waals surface area contributed by atoms with Gasteiger partial charge in [-0.25, -0.2) is 0 Å². The minimum absolute atomic E-state index is 0.0562. The molecule has 0 amide bonds. The second-order valence-corrected chi connectivity index (χ2v) is 5.06. The molecule has 0 radical (unpaired) electrons. The Bertz CT molecular complexity index is 943. The van der Waals surface area contributed by atoms with E-state index >= 15 is 0 Å². The SMILES string of the molecule is COc1cc(C)c2c(=O)c3c(O)cc(O)c(Cl)c3oc2c1. The van der Waals surface area contributed by atoms with Crippen LogP contribution >= 0.6 is 11.6 Å². The summed E-state index contributed by atoms with van der Waals surface area (Å²) >= 11 is 5.96. The lowest BCUT2D eigenvalue weighted by Gasteiger charge is -2.09. The van der Waals surface area contributed by atoms with Gasteiger partial charge in [0, 0.05) is 12.1 Å². The lowest BCUT2D eigenvalue weighted by Crippen LogP contribution is -2.05. The van der Waals surface area contributed by atoms with Gasteiger partial charge in [-0.05, 0) is 18.6 Å². The van der Waals surface area contributed by atoms with Gasteiger partial charge >= 0.3 is 0 Å². The van der Waals surface area contributed by atoms with Crippen LogP contribution in [-0.2, 0) is 0 Å². The number of aryl methyl sites for hydroxylation is 1. The molecule has 2 aromatic carbocycles. The lowest BCUT2D eigenvalue weighted by molar-refractivity contribution is 0.414. The van der Waals surface area contributed by atoms with Crippen molar-refractivity contribution >= 4 is 33.5 Å². The zero-order valence-corrected chi connectivity index (χ0v) is 12.0. The predicted octanol–water partition coefficient (Wildman–Crippen LogP) is 3.33.